The number of amides is 1. The minimum Gasteiger partial charge on any atom is -0.468 e. The van der Waals surface area contributed by atoms with E-state index in [0.29, 0.717) is 18.4 Å². The van der Waals surface area contributed by atoms with Gasteiger partial charge in [-0.15, -0.1) is 0 Å². The Bertz CT molecular complexity index is 577. The zero-order valence-corrected chi connectivity index (χ0v) is 12.7. The van der Waals surface area contributed by atoms with Crippen molar-refractivity contribution in [2.24, 2.45) is 5.92 Å². The lowest BCUT2D eigenvalue weighted by molar-refractivity contribution is -0.154. The molecule has 0 aromatic carbocycles. The summed E-state index contributed by atoms with van der Waals surface area (Å²) in [5.74, 6) is -4.51. The first-order chi connectivity index (χ1) is 11.2. The molecule has 9 heteroatoms. The third-order valence-corrected chi connectivity index (χ3v) is 3.76. The van der Waals surface area contributed by atoms with Gasteiger partial charge in [0, 0.05) is 37.6 Å². The van der Waals surface area contributed by atoms with Crippen LogP contribution in [0.4, 0.5) is 22.0 Å². The number of hydrogen-bond acceptors (Lipinski definition) is 3. The number of hydrogen-bond donors (Lipinski definition) is 1. The number of pyridine rings is 1. The monoisotopic (exact) mass is 352 g/mol. The third kappa shape index (κ3) is 5.61. The quantitative estimate of drug-likeness (QED) is 0.798. The largest absolute Gasteiger partial charge is 0.468 e. The van der Waals surface area contributed by atoms with Gasteiger partial charge in [0.05, 0.1) is 0 Å². The molecule has 24 heavy (non-hydrogen) atoms. The van der Waals surface area contributed by atoms with Gasteiger partial charge in [0.15, 0.2) is 6.61 Å². The summed E-state index contributed by atoms with van der Waals surface area (Å²) in [6.45, 7) is -1.46. The number of carbonyl (C=O) groups is 1. The second-order valence-electron chi connectivity index (χ2n) is 5.74. The summed E-state index contributed by atoms with van der Waals surface area (Å²) in [6, 6.07) is 2.75. The number of alkyl halides is 5. The van der Waals surface area contributed by atoms with E-state index in [-0.39, 0.29) is 25.3 Å². The molecule has 1 N–H and O–H groups in total. The van der Waals surface area contributed by atoms with E-state index in [4.69, 9.17) is 0 Å². The lowest BCUT2D eigenvalue weighted by atomic mass is 10.0. The highest BCUT2D eigenvalue weighted by molar-refractivity contribution is 5.76. The summed E-state index contributed by atoms with van der Waals surface area (Å²) in [6.07, 6.45) is -2.98. The predicted octanol–water partition coefficient (Wildman–Crippen LogP) is 3.46. The van der Waals surface area contributed by atoms with E-state index in [0.717, 1.165) is 0 Å². The van der Waals surface area contributed by atoms with Gasteiger partial charge in [0.2, 0.25) is 11.8 Å². The zero-order chi connectivity index (χ0) is 17.8. The standard InChI is InChI=1S/C15H17F5N2O2/c16-14(17)4-1-2-11(14)7-12(23)22-8-10-3-5-21-13(6-10)24-9-15(18,19)20/h3,5-6,11H,1-2,4,7-9H2,(H,22,23)/t11-/m0/s1. The lowest BCUT2D eigenvalue weighted by Gasteiger charge is -2.18. The normalized spacial score (nSPS) is 20.0. The van der Waals surface area contributed by atoms with E-state index in [1.807, 2.05) is 0 Å². The van der Waals surface area contributed by atoms with Crippen LogP contribution < -0.4 is 10.1 Å². The van der Waals surface area contributed by atoms with Gasteiger partial charge < -0.3 is 10.1 Å². The van der Waals surface area contributed by atoms with Gasteiger partial charge in [-0.3, -0.25) is 4.79 Å². The molecule has 1 amide bonds. The average Bonchev–Trinajstić information content (AvgIpc) is 2.82. The van der Waals surface area contributed by atoms with Gasteiger partial charge in [-0.1, -0.05) is 0 Å². The second-order valence-corrected chi connectivity index (χ2v) is 5.74. The van der Waals surface area contributed by atoms with E-state index < -0.39 is 30.5 Å². The van der Waals surface area contributed by atoms with Gasteiger partial charge in [-0.25, -0.2) is 13.8 Å². The molecule has 0 radical (unpaired) electrons. The van der Waals surface area contributed by atoms with Crippen LogP contribution in [0.15, 0.2) is 18.3 Å². The maximum absolute atomic E-state index is 13.5. The Labute approximate surface area is 135 Å². The molecule has 0 unspecified atom stereocenters. The van der Waals surface area contributed by atoms with Crippen LogP contribution in [0.25, 0.3) is 0 Å². The van der Waals surface area contributed by atoms with E-state index in [2.05, 4.69) is 15.0 Å². The fraction of sp³-hybridized carbons (Fsp3) is 0.600. The fourth-order valence-electron chi connectivity index (χ4n) is 2.54. The van der Waals surface area contributed by atoms with Crippen molar-refractivity contribution in [1.29, 1.82) is 0 Å². The van der Waals surface area contributed by atoms with Crippen LogP contribution in [-0.2, 0) is 11.3 Å². The molecule has 1 aromatic rings. The predicted molar refractivity (Wildman–Crippen MR) is 74.5 cm³/mol. The molecular weight excluding hydrogens is 335 g/mol. The van der Waals surface area contributed by atoms with Crippen LogP contribution in [0.2, 0.25) is 0 Å². The summed E-state index contributed by atoms with van der Waals surface area (Å²) in [5, 5.41) is 2.49. The molecule has 4 nitrogen and oxygen atoms in total. The van der Waals surface area contributed by atoms with Crippen molar-refractivity contribution in [1.82, 2.24) is 10.3 Å². The molecule has 0 spiro atoms. The highest BCUT2D eigenvalue weighted by Crippen LogP contribution is 2.42. The third-order valence-electron chi connectivity index (χ3n) is 3.76. The first kappa shape index (κ1) is 18.4. The van der Waals surface area contributed by atoms with Crippen molar-refractivity contribution in [3.05, 3.63) is 23.9 Å². The first-order valence-corrected chi connectivity index (χ1v) is 7.45. The lowest BCUT2D eigenvalue weighted by Crippen LogP contribution is -2.30. The molecule has 1 heterocycles. The molecule has 1 saturated carbocycles. The highest BCUT2D eigenvalue weighted by atomic mass is 19.4. The Kier molecular flexibility index (Phi) is 5.61. The molecule has 1 aliphatic rings. The second kappa shape index (κ2) is 7.31. The van der Waals surface area contributed by atoms with Gasteiger partial charge >= 0.3 is 6.18 Å². The number of nitrogens with one attached hydrogen (secondary N) is 1. The smallest absolute Gasteiger partial charge is 0.422 e. The Morgan fingerprint density at radius 2 is 2.17 bits per heavy atom. The van der Waals surface area contributed by atoms with Gasteiger partial charge in [0.25, 0.3) is 5.92 Å². The summed E-state index contributed by atoms with van der Waals surface area (Å²) in [7, 11) is 0. The number of nitrogens with zero attached hydrogens (tertiary/aromatic N) is 1. The van der Waals surface area contributed by atoms with Gasteiger partial charge in [-0.2, -0.15) is 13.2 Å². The number of aromatic nitrogens is 1. The summed E-state index contributed by atoms with van der Waals surface area (Å²) < 4.78 is 67.7. The van der Waals surface area contributed by atoms with Crippen molar-refractivity contribution >= 4 is 5.91 Å². The molecule has 1 fully saturated rings. The average molecular weight is 352 g/mol. The molecule has 0 saturated heterocycles. The highest BCUT2D eigenvalue weighted by Gasteiger charge is 2.44. The molecule has 1 aliphatic carbocycles. The van der Waals surface area contributed by atoms with Crippen molar-refractivity contribution in [3.8, 4) is 5.88 Å². The van der Waals surface area contributed by atoms with Gasteiger partial charge in [0.1, 0.15) is 0 Å². The van der Waals surface area contributed by atoms with Crippen LogP contribution in [0.5, 0.6) is 5.88 Å². The Morgan fingerprint density at radius 3 is 2.79 bits per heavy atom. The molecule has 0 bridgehead atoms. The van der Waals surface area contributed by atoms with Crippen molar-refractivity contribution in [2.75, 3.05) is 6.61 Å². The Morgan fingerprint density at radius 1 is 1.42 bits per heavy atom. The molecular formula is C15H17F5N2O2. The number of ether oxygens (including phenoxy) is 1. The summed E-state index contributed by atoms with van der Waals surface area (Å²) >= 11 is 0. The maximum Gasteiger partial charge on any atom is 0.422 e. The summed E-state index contributed by atoms with van der Waals surface area (Å²) in [5.41, 5.74) is 0.466. The molecule has 134 valence electrons. The van der Waals surface area contributed by atoms with Crippen LogP contribution in [0, 0.1) is 5.92 Å². The maximum atomic E-state index is 13.5. The van der Waals surface area contributed by atoms with E-state index in [1.54, 1.807) is 0 Å². The van der Waals surface area contributed by atoms with Crippen LogP contribution >= 0.6 is 0 Å². The topological polar surface area (TPSA) is 51.2 Å². The van der Waals surface area contributed by atoms with Crippen molar-refractivity contribution in [3.63, 3.8) is 0 Å². The van der Waals surface area contributed by atoms with Gasteiger partial charge in [-0.05, 0) is 24.5 Å². The number of carbonyl (C=O) groups excluding carboxylic acids is 1. The number of halogens is 5. The first-order valence-electron chi connectivity index (χ1n) is 7.45. The minimum absolute atomic E-state index is 0.00201. The minimum atomic E-state index is -4.47. The van der Waals surface area contributed by atoms with Crippen molar-refractivity contribution < 1.29 is 31.5 Å². The molecule has 1 atom stereocenters. The van der Waals surface area contributed by atoms with Crippen LogP contribution in [0.3, 0.4) is 0 Å². The SMILES string of the molecule is O=C(C[C@@H]1CCCC1(F)F)NCc1ccnc(OCC(F)(F)F)c1. The molecule has 1 aromatic heterocycles. The summed E-state index contributed by atoms with van der Waals surface area (Å²) in [4.78, 5) is 15.4. The zero-order valence-electron chi connectivity index (χ0n) is 12.7. The molecule has 2 rings (SSSR count). The van der Waals surface area contributed by atoms with E-state index in [1.165, 1.54) is 18.3 Å². The van der Waals surface area contributed by atoms with E-state index >= 15 is 0 Å². The Hall–Kier alpha value is -1.93. The fourth-order valence-corrected chi connectivity index (χ4v) is 2.54. The van der Waals surface area contributed by atoms with E-state index in [9.17, 15) is 26.7 Å². The van der Waals surface area contributed by atoms with Crippen LogP contribution in [0.1, 0.15) is 31.2 Å². The number of rotatable bonds is 6. The Balaban J connectivity index is 1.82. The van der Waals surface area contributed by atoms with Crippen LogP contribution in [-0.4, -0.2) is 29.6 Å². The molecule has 0 aliphatic heterocycles. The van der Waals surface area contributed by atoms with Crippen molar-refractivity contribution in [2.45, 2.75) is 44.3 Å².